The fourth-order valence-corrected chi connectivity index (χ4v) is 3.13. The van der Waals surface area contributed by atoms with Gasteiger partial charge in [0.25, 0.3) is 0 Å². The first kappa shape index (κ1) is 15.1. The number of ether oxygens (including phenoxy) is 3. The van der Waals surface area contributed by atoms with E-state index in [1.165, 1.54) is 4.31 Å². The zero-order chi connectivity index (χ0) is 14.6. The molecule has 0 bridgehead atoms. The Labute approximate surface area is 119 Å². The molecule has 6 nitrogen and oxygen atoms in total. The van der Waals surface area contributed by atoms with Crippen molar-refractivity contribution in [1.82, 2.24) is 4.31 Å². The van der Waals surface area contributed by atoms with Crippen molar-refractivity contribution in [3.63, 3.8) is 0 Å². The summed E-state index contributed by atoms with van der Waals surface area (Å²) >= 11 is 0. The Morgan fingerprint density at radius 1 is 1.35 bits per heavy atom. The summed E-state index contributed by atoms with van der Waals surface area (Å²) in [7, 11) is -1.72. The van der Waals surface area contributed by atoms with E-state index in [4.69, 9.17) is 14.2 Å². The summed E-state index contributed by atoms with van der Waals surface area (Å²) in [5, 5.41) is 0. The third-order valence-electron chi connectivity index (χ3n) is 3.03. The lowest BCUT2D eigenvalue weighted by atomic mass is 10.2. The van der Waals surface area contributed by atoms with E-state index in [1.54, 1.807) is 7.11 Å². The van der Waals surface area contributed by atoms with Gasteiger partial charge in [-0.2, -0.15) is 4.31 Å². The molecule has 1 aromatic carbocycles. The van der Waals surface area contributed by atoms with Crippen molar-refractivity contribution in [3.8, 4) is 11.5 Å². The van der Waals surface area contributed by atoms with Crippen molar-refractivity contribution in [2.45, 2.75) is 6.92 Å². The highest BCUT2D eigenvalue weighted by Gasteiger charge is 2.26. The molecule has 0 unspecified atom stereocenters. The quantitative estimate of drug-likeness (QED) is 0.812. The molecular weight excluding hydrogens is 282 g/mol. The topological polar surface area (TPSA) is 65.1 Å². The van der Waals surface area contributed by atoms with Gasteiger partial charge in [-0.15, -0.1) is 0 Å². The lowest BCUT2D eigenvalue weighted by Gasteiger charge is -2.26. The highest BCUT2D eigenvalue weighted by atomic mass is 32.2. The van der Waals surface area contributed by atoms with Crippen LogP contribution in [0.5, 0.6) is 11.5 Å². The fraction of sp³-hybridized carbons (Fsp3) is 0.538. The average molecular weight is 301 g/mol. The largest absolute Gasteiger partial charge is 0.493 e. The zero-order valence-corrected chi connectivity index (χ0v) is 12.5. The van der Waals surface area contributed by atoms with E-state index in [0.717, 1.165) is 5.56 Å². The predicted molar refractivity (Wildman–Crippen MR) is 74.5 cm³/mol. The van der Waals surface area contributed by atoms with E-state index in [0.29, 0.717) is 31.2 Å². The van der Waals surface area contributed by atoms with Gasteiger partial charge in [0.1, 0.15) is 6.61 Å². The van der Waals surface area contributed by atoms with Crippen molar-refractivity contribution in [1.29, 1.82) is 0 Å². The maximum Gasteiger partial charge on any atom is 0.238 e. The zero-order valence-electron chi connectivity index (χ0n) is 11.7. The Kier molecular flexibility index (Phi) is 4.85. The van der Waals surface area contributed by atoms with Gasteiger partial charge in [0.15, 0.2) is 17.4 Å². The molecule has 0 spiro atoms. The highest BCUT2D eigenvalue weighted by molar-refractivity contribution is 7.88. The predicted octanol–water partition coefficient (Wildman–Crippen LogP) is 1.00. The first-order chi connectivity index (χ1) is 9.53. The number of benzene rings is 1. The summed E-state index contributed by atoms with van der Waals surface area (Å²) in [6.45, 7) is 3.35. The van der Waals surface area contributed by atoms with E-state index in [9.17, 15) is 8.42 Å². The van der Waals surface area contributed by atoms with E-state index >= 15 is 0 Å². The van der Waals surface area contributed by atoms with Crippen LogP contribution in [0.4, 0.5) is 0 Å². The molecule has 2 rings (SSSR count). The third kappa shape index (κ3) is 3.62. The molecule has 7 heteroatoms. The maximum atomic E-state index is 11.7. The second-order valence-corrected chi connectivity index (χ2v) is 6.46. The third-order valence-corrected chi connectivity index (χ3v) is 4.64. The second-order valence-electron chi connectivity index (χ2n) is 4.54. The molecule has 0 aromatic heterocycles. The normalized spacial score (nSPS) is 18.7. The van der Waals surface area contributed by atoms with Gasteiger partial charge in [-0.25, -0.2) is 8.42 Å². The average Bonchev–Trinajstić information content (AvgIpc) is 2.42. The molecule has 0 aliphatic carbocycles. The molecule has 112 valence electrons. The van der Waals surface area contributed by atoms with Crippen LogP contribution in [0.1, 0.15) is 5.56 Å². The molecule has 1 heterocycles. The van der Waals surface area contributed by atoms with Gasteiger partial charge in [0, 0.05) is 13.1 Å². The van der Waals surface area contributed by atoms with Crippen molar-refractivity contribution in [2.24, 2.45) is 0 Å². The standard InChI is InChI=1S/C13H19NO5S/c1-11-3-4-12(13(9-11)17-2)19-8-6-14-5-7-18-10-20(14,15)16/h3-4,9H,5-8,10H2,1-2H3. The molecule has 1 aliphatic rings. The van der Waals surface area contributed by atoms with Gasteiger partial charge in [-0.05, 0) is 24.6 Å². The fourth-order valence-electron chi connectivity index (χ4n) is 1.95. The Morgan fingerprint density at radius 3 is 2.85 bits per heavy atom. The minimum absolute atomic E-state index is 0.249. The maximum absolute atomic E-state index is 11.7. The summed E-state index contributed by atoms with van der Waals surface area (Å²) in [4.78, 5) is 0. The minimum atomic E-state index is -3.30. The lowest BCUT2D eigenvalue weighted by Crippen LogP contribution is -2.43. The molecule has 20 heavy (non-hydrogen) atoms. The van der Waals surface area contributed by atoms with Gasteiger partial charge in [-0.1, -0.05) is 6.07 Å². The first-order valence-electron chi connectivity index (χ1n) is 6.36. The Balaban J connectivity index is 1.93. The van der Waals surface area contributed by atoms with Gasteiger partial charge in [0.05, 0.1) is 13.7 Å². The highest BCUT2D eigenvalue weighted by Crippen LogP contribution is 2.27. The summed E-state index contributed by atoms with van der Waals surface area (Å²) in [6.07, 6.45) is 0. The summed E-state index contributed by atoms with van der Waals surface area (Å²) in [5.74, 6) is 1.01. The SMILES string of the molecule is COc1cc(C)ccc1OCCN1CCOCS1(=O)=O. The monoisotopic (exact) mass is 301 g/mol. The molecular formula is C13H19NO5S. The van der Waals surface area contributed by atoms with Crippen LogP contribution >= 0.6 is 0 Å². The number of aryl methyl sites for hydroxylation is 1. The molecule has 1 saturated heterocycles. The van der Waals surface area contributed by atoms with Crippen LogP contribution in [0.15, 0.2) is 18.2 Å². The minimum Gasteiger partial charge on any atom is -0.493 e. The second kappa shape index (κ2) is 6.43. The van der Waals surface area contributed by atoms with Crippen LogP contribution < -0.4 is 9.47 Å². The van der Waals surface area contributed by atoms with Crippen molar-refractivity contribution >= 4 is 10.0 Å². The van der Waals surface area contributed by atoms with Crippen molar-refractivity contribution in [2.75, 3.05) is 39.4 Å². The molecule has 0 saturated carbocycles. The Bertz CT molecular complexity index is 558. The first-order valence-corrected chi connectivity index (χ1v) is 7.97. The van der Waals surface area contributed by atoms with Crippen molar-refractivity contribution in [3.05, 3.63) is 23.8 Å². The molecule has 1 fully saturated rings. The summed E-state index contributed by atoms with van der Waals surface area (Å²) in [5.41, 5.74) is 1.07. The van der Waals surface area contributed by atoms with Crippen LogP contribution in [0.3, 0.4) is 0 Å². The van der Waals surface area contributed by atoms with Crippen molar-refractivity contribution < 1.29 is 22.6 Å². The molecule has 0 N–H and O–H groups in total. The molecule has 1 aliphatic heterocycles. The molecule has 0 atom stereocenters. The Hall–Kier alpha value is -1.31. The van der Waals surface area contributed by atoms with Crippen LogP contribution in [-0.2, 0) is 14.8 Å². The molecule has 1 aromatic rings. The van der Waals surface area contributed by atoms with Gasteiger partial charge < -0.3 is 14.2 Å². The van der Waals surface area contributed by atoms with Gasteiger partial charge in [-0.3, -0.25) is 0 Å². The number of sulfonamides is 1. The number of hydrogen-bond acceptors (Lipinski definition) is 5. The van der Waals surface area contributed by atoms with Gasteiger partial charge >= 0.3 is 0 Å². The summed E-state index contributed by atoms with van der Waals surface area (Å²) in [6, 6.07) is 5.62. The lowest BCUT2D eigenvalue weighted by molar-refractivity contribution is 0.126. The summed E-state index contributed by atoms with van der Waals surface area (Å²) < 4.78 is 40.6. The van der Waals surface area contributed by atoms with Crippen LogP contribution in [0, 0.1) is 6.92 Å². The Morgan fingerprint density at radius 2 is 2.15 bits per heavy atom. The van der Waals surface area contributed by atoms with E-state index in [1.807, 2.05) is 25.1 Å². The number of hydrogen-bond donors (Lipinski definition) is 0. The van der Waals surface area contributed by atoms with E-state index < -0.39 is 10.0 Å². The van der Waals surface area contributed by atoms with E-state index in [-0.39, 0.29) is 12.5 Å². The van der Waals surface area contributed by atoms with Crippen LogP contribution in [-0.4, -0.2) is 52.1 Å². The van der Waals surface area contributed by atoms with Crippen LogP contribution in [0.2, 0.25) is 0 Å². The van der Waals surface area contributed by atoms with E-state index in [2.05, 4.69) is 0 Å². The molecule has 0 radical (unpaired) electrons. The smallest absolute Gasteiger partial charge is 0.238 e. The number of nitrogens with zero attached hydrogens (tertiary/aromatic N) is 1. The number of rotatable bonds is 5. The van der Waals surface area contributed by atoms with Gasteiger partial charge in [0.2, 0.25) is 10.0 Å². The van der Waals surface area contributed by atoms with Crippen LogP contribution in [0.25, 0.3) is 0 Å². The molecule has 0 amide bonds. The number of methoxy groups -OCH3 is 1.